The zero-order valence-electron chi connectivity index (χ0n) is 19.4. The van der Waals surface area contributed by atoms with Crippen LogP contribution in [0.5, 0.6) is 0 Å². The molecule has 0 bridgehead atoms. The molecule has 0 saturated heterocycles. The van der Waals surface area contributed by atoms with Gasteiger partial charge in [0.1, 0.15) is 0 Å². The van der Waals surface area contributed by atoms with Crippen molar-refractivity contribution >= 4 is 33.3 Å². The molecule has 9 heteroatoms. The Morgan fingerprint density at radius 1 is 1.25 bits per heavy atom. The third-order valence-electron chi connectivity index (χ3n) is 4.26. The van der Waals surface area contributed by atoms with Crippen LogP contribution in [0.15, 0.2) is 47.4 Å². The summed E-state index contributed by atoms with van der Waals surface area (Å²) in [6, 6.07) is 10.2. The zero-order chi connectivity index (χ0) is 23.2. The quantitative estimate of drug-likeness (QED) is 0.594. The molecule has 3 rings (SSSR count). The molecule has 144 valence electrons. The smallest absolute Gasteiger partial charge is 0.550 e. The molecule has 1 unspecified atom stereocenters. The first-order chi connectivity index (χ1) is 14.3. The van der Waals surface area contributed by atoms with Crippen molar-refractivity contribution in [2.45, 2.75) is 30.1 Å². The number of nitrogens with one attached hydrogen (secondary N) is 1. The molecule has 1 aliphatic rings. The minimum Gasteiger partial charge on any atom is -0.550 e. The number of carbonyl (C=O) groups excluding carboxylic acids is 1. The second kappa shape index (κ2) is 9.61. The fourth-order valence-electron chi connectivity index (χ4n) is 3.00. The van der Waals surface area contributed by atoms with Gasteiger partial charge in [0.05, 0.1) is 16.6 Å². The summed E-state index contributed by atoms with van der Waals surface area (Å²) in [4.78, 5) is 10.8. The number of carboxylic acid groups (broad SMARTS) is 1. The number of aliphatic carboxylic acids is 1. The molecule has 0 radical (unpaired) electrons. The van der Waals surface area contributed by atoms with Gasteiger partial charge < -0.3 is 15.2 Å². The largest absolute Gasteiger partial charge is 1.00 e. The number of carbonyl (C=O) groups is 1. The molecule has 2 aromatic rings. The van der Waals surface area contributed by atoms with Crippen LogP contribution in [0.25, 0.3) is 0 Å². The average molecular weight is 435 g/mol. The number of carboxylic acids is 1. The van der Waals surface area contributed by atoms with Crippen LogP contribution in [0.3, 0.4) is 0 Å². The van der Waals surface area contributed by atoms with Crippen LogP contribution in [-0.4, -0.2) is 28.0 Å². The first-order valence-electron chi connectivity index (χ1n) is 10.1. The molecular weight excluding hydrogens is 411 g/mol. The van der Waals surface area contributed by atoms with E-state index in [1.807, 2.05) is 0 Å². The molecule has 28 heavy (non-hydrogen) atoms. The van der Waals surface area contributed by atoms with Gasteiger partial charge in [-0.25, -0.2) is 8.42 Å². The Kier molecular flexibility index (Phi) is 6.09. The molecule has 0 aliphatic carbocycles. The van der Waals surface area contributed by atoms with Crippen LogP contribution in [0.1, 0.15) is 41.8 Å². The van der Waals surface area contributed by atoms with E-state index in [2.05, 4.69) is 5.32 Å². The van der Waals surface area contributed by atoms with E-state index < -0.39 is 47.7 Å². The first kappa shape index (κ1) is 17.7. The summed E-state index contributed by atoms with van der Waals surface area (Å²) in [5.74, 6) is -1.71. The van der Waals surface area contributed by atoms with Crippen LogP contribution >= 0.6 is 11.6 Å². The summed E-state index contributed by atoms with van der Waals surface area (Å²) in [6.45, 7) is -0.585. The molecule has 0 amide bonds. The molecule has 0 saturated carbocycles. The molecule has 0 fully saturated rings. The number of para-hydroxylation sites is 1. The van der Waals surface area contributed by atoms with Crippen LogP contribution in [-0.2, 0) is 14.8 Å². The van der Waals surface area contributed by atoms with Crippen molar-refractivity contribution in [2.24, 2.45) is 0 Å². The number of fused-ring (bicyclic) bond motifs is 2. The van der Waals surface area contributed by atoms with Gasteiger partial charge in [0.15, 0.2) is 0 Å². The van der Waals surface area contributed by atoms with Gasteiger partial charge in [0, 0.05) is 23.5 Å². The maximum atomic E-state index is 13.2. The van der Waals surface area contributed by atoms with Crippen molar-refractivity contribution in [2.75, 3.05) is 17.9 Å². The van der Waals surface area contributed by atoms with Crippen molar-refractivity contribution in [3.8, 4) is 0 Å². The van der Waals surface area contributed by atoms with Crippen molar-refractivity contribution in [3.63, 3.8) is 0 Å². The van der Waals surface area contributed by atoms with Gasteiger partial charge in [-0.3, -0.25) is 4.31 Å². The number of anilines is 1. The number of nitrogens with zero attached hydrogens (tertiary/aromatic N) is 1. The molecule has 2 aromatic carbocycles. The number of halogens is 1. The number of hydrogen-bond acceptors (Lipinski definition) is 5. The predicted octanol–water partition coefficient (Wildman–Crippen LogP) is -0.918. The Bertz CT molecular complexity index is 1130. The SMILES string of the molecule is [2H]C([2H])(CNC1c2ccccc2N(C)S(=O)(=O)c2cc(Cl)ccc21)C([2H])([2H])CC(=O)[O-].[Na+]. The van der Waals surface area contributed by atoms with E-state index in [0.29, 0.717) is 16.8 Å². The van der Waals surface area contributed by atoms with Crippen LogP contribution < -0.4 is 44.3 Å². The summed E-state index contributed by atoms with van der Waals surface area (Å²) in [5, 5.41) is 14.0. The van der Waals surface area contributed by atoms with Gasteiger partial charge in [-0.2, -0.15) is 0 Å². The van der Waals surface area contributed by atoms with E-state index >= 15 is 0 Å². The standard InChI is InChI=1S/C19H21ClN2O4S.Na/c1-22-16-7-3-2-6-14(16)19(21-11-5-4-8-18(23)24)15-10-9-13(20)12-17(15)27(22,25)26;/h2-3,6-7,9-10,12,19,21H,4-5,8,11H2,1H3,(H,23,24);/q;+1/p-1/i4D2,5D2;. The van der Waals surface area contributed by atoms with E-state index in [4.69, 9.17) is 17.1 Å². The molecule has 1 atom stereocenters. The fourth-order valence-corrected chi connectivity index (χ4v) is 4.72. The van der Waals surface area contributed by atoms with Gasteiger partial charge in [0.2, 0.25) is 0 Å². The molecule has 1 aliphatic heterocycles. The van der Waals surface area contributed by atoms with Gasteiger partial charge in [0.25, 0.3) is 10.0 Å². The first-order valence-corrected chi connectivity index (χ1v) is 9.90. The summed E-state index contributed by atoms with van der Waals surface area (Å²) < 4.78 is 59.4. The molecule has 1 heterocycles. The zero-order valence-corrected chi connectivity index (χ0v) is 19.0. The van der Waals surface area contributed by atoms with E-state index in [0.717, 1.165) is 4.31 Å². The van der Waals surface area contributed by atoms with Crippen molar-refractivity contribution in [1.29, 1.82) is 0 Å². The maximum absolute atomic E-state index is 13.2. The Labute approximate surface area is 197 Å². The number of sulfonamides is 1. The molecule has 0 aromatic heterocycles. The normalized spacial score (nSPS) is 20.2. The Balaban J connectivity index is 0.00000363. The van der Waals surface area contributed by atoms with E-state index in [9.17, 15) is 18.3 Å². The van der Waals surface area contributed by atoms with E-state index in [1.54, 1.807) is 24.3 Å². The molecule has 0 spiro atoms. The van der Waals surface area contributed by atoms with Crippen LogP contribution in [0, 0.1) is 0 Å². The van der Waals surface area contributed by atoms with Crippen LogP contribution in [0.2, 0.25) is 5.02 Å². The number of hydrogen-bond donors (Lipinski definition) is 1. The number of rotatable bonds is 6. The summed E-state index contributed by atoms with van der Waals surface area (Å²) >= 11 is 6.05. The summed E-state index contributed by atoms with van der Waals surface area (Å²) in [7, 11) is -2.57. The molecular formula is C19H20ClN2NaO4S. The van der Waals surface area contributed by atoms with Crippen molar-refractivity contribution < 1.29 is 53.4 Å². The Morgan fingerprint density at radius 3 is 2.68 bits per heavy atom. The van der Waals surface area contributed by atoms with Gasteiger partial charge >= 0.3 is 29.6 Å². The second-order valence-electron chi connectivity index (χ2n) is 5.93. The van der Waals surface area contributed by atoms with Crippen molar-refractivity contribution in [3.05, 3.63) is 58.6 Å². The minimum absolute atomic E-state index is 0. The molecule has 1 N–H and O–H groups in total. The number of benzene rings is 2. The predicted molar refractivity (Wildman–Crippen MR) is 102 cm³/mol. The van der Waals surface area contributed by atoms with Gasteiger partial charge in [-0.1, -0.05) is 35.9 Å². The third kappa shape index (κ3) is 4.72. The maximum Gasteiger partial charge on any atom is 1.00 e. The van der Waals surface area contributed by atoms with Crippen molar-refractivity contribution in [1.82, 2.24) is 5.32 Å². The van der Waals surface area contributed by atoms with E-state index in [-0.39, 0.29) is 39.5 Å². The van der Waals surface area contributed by atoms with Gasteiger partial charge in [-0.05, 0) is 55.0 Å². The summed E-state index contributed by atoms with van der Waals surface area (Å²) in [6.07, 6.45) is -6.42. The topological polar surface area (TPSA) is 89.5 Å². The third-order valence-corrected chi connectivity index (χ3v) is 6.33. The van der Waals surface area contributed by atoms with Gasteiger partial charge in [-0.15, -0.1) is 0 Å². The molecule has 6 nitrogen and oxygen atoms in total. The second-order valence-corrected chi connectivity index (χ2v) is 8.30. The van der Waals surface area contributed by atoms with Crippen LogP contribution in [0.4, 0.5) is 5.69 Å². The Hall–Kier alpha value is -1.09. The fraction of sp³-hybridized carbons (Fsp3) is 0.316. The monoisotopic (exact) mass is 434 g/mol. The Morgan fingerprint density at radius 2 is 1.96 bits per heavy atom. The minimum atomic E-state index is -3.97. The summed E-state index contributed by atoms with van der Waals surface area (Å²) in [5.41, 5.74) is 1.22. The van der Waals surface area contributed by atoms with E-state index in [1.165, 1.54) is 25.2 Å². The average Bonchev–Trinajstić information content (AvgIpc) is 2.73.